The minimum Gasteiger partial charge on any atom is -0.495 e. The number of fused-ring (bicyclic) bond motifs is 1. The number of hydrogen-bond acceptors (Lipinski definition) is 5. The predicted octanol–water partition coefficient (Wildman–Crippen LogP) is 3.25. The number of benzene rings is 2. The molecule has 2 aromatic carbocycles. The molecule has 3 aromatic rings. The monoisotopic (exact) mass is 412 g/mol. The van der Waals surface area contributed by atoms with Crippen LogP contribution in [-0.4, -0.2) is 47.1 Å². The molecule has 4 rings (SSSR count). The average molecular weight is 412 g/mol. The Hall–Kier alpha value is -3.26. The van der Waals surface area contributed by atoms with E-state index < -0.39 is 5.97 Å². The van der Waals surface area contributed by atoms with Gasteiger partial charge in [-0.05, 0) is 50.1 Å². The SMILES string of the molecule is CCOc1ccc2c(c1)n(C1CCOCC1)c(=O)n2-c1ccc(C(=O)O)cc1OC. The smallest absolute Gasteiger partial charge is 0.335 e. The molecule has 1 aliphatic rings. The largest absolute Gasteiger partial charge is 0.495 e. The summed E-state index contributed by atoms with van der Waals surface area (Å²) in [4.78, 5) is 25.0. The summed E-state index contributed by atoms with van der Waals surface area (Å²) >= 11 is 0. The molecule has 8 nitrogen and oxygen atoms in total. The maximum absolute atomic E-state index is 13.6. The van der Waals surface area contributed by atoms with Crippen molar-refractivity contribution in [3.8, 4) is 17.2 Å². The Morgan fingerprint density at radius 1 is 1.17 bits per heavy atom. The molecule has 0 amide bonds. The first kappa shape index (κ1) is 20.0. The van der Waals surface area contributed by atoms with Gasteiger partial charge in [0, 0.05) is 25.3 Å². The molecule has 30 heavy (non-hydrogen) atoms. The van der Waals surface area contributed by atoms with Crippen LogP contribution < -0.4 is 15.2 Å². The minimum absolute atomic E-state index is 0.0103. The van der Waals surface area contributed by atoms with Gasteiger partial charge in [0.1, 0.15) is 11.5 Å². The lowest BCUT2D eigenvalue weighted by atomic mass is 10.1. The summed E-state index contributed by atoms with van der Waals surface area (Å²) in [5.41, 5.74) is 1.85. The molecule has 1 aliphatic heterocycles. The van der Waals surface area contributed by atoms with Crippen molar-refractivity contribution in [2.75, 3.05) is 26.9 Å². The van der Waals surface area contributed by atoms with Crippen LogP contribution in [0.4, 0.5) is 0 Å². The highest BCUT2D eigenvalue weighted by Gasteiger charge is 2.25. The molecular weight excluding hydrogens is 388 g/mol. The number of hydrogen-bond donors (Lipinski definition) is 1. The van der Waals surface area contributed by atoms with Crippen LogP contribution in [0.2, 0.25) is 0 Å². The number of nitrogens with zero attached hydrogens (tertiary/aromatic N) is 2. The third-order valence-electron chi connectivity index (χ3n) is 5.38. The fourth-order valence-electron chi connectivity index (χ4n) is 3.98. The van der Waals surface area contributed by atoms with Crippen LogP contribution in [-0.2, 0) is 4.74 Å². The Morgan fingerprint density at radius 3 is 2.60 bits per heavy atom. The second kappa shape index (κ2) is 8.23. The molecule has 8 heteroatoms. The molecule has 1 aromatic heterocycles. The minimum atomic E-state index is -1.06. The van der Waals surface area contributed by atoms with Gasteiger partial charge in [-0.3, -0.25) is 9.13 Å². The van der Waals surface area contributed by atoms with Crippen molar-refractivity contribution in [2.45, 2.75) is 25.8 Å². The fourth-order valence-corrected chi connectivity index (χ4v) is 3.98. The Morgan fingerprint density at radius 2 is 1.93 bits per heavy atom. The van der Waals surface area contributed by atoms with Gasteiger partial charge in [-0.1, -0.05) is 0 Å². The zero-order valence-electron chi connectivity index (χ0n) is 17.0. The Bertz CT molecular complexity index is 1140. The second-order valence-corrected chi connectivity index (χ2v) is 7.11. The van der Waals surface area contributed by atoms with E-state index >= 15 is 0 Å². The van der Waals surface area contributed by atoms with Crippen LogP contribution in [0.25, 0.3) is 16.7 Å². The first-order valence-electron chi connectivity index (χ1n) is 9.94. The van der Waals surface area contributed by atoms with Crippen molar-refractivity contribution < 1.29 is 24.1 Å². The molecule has 0 unspecified atom stereocenters. The van der Waals surface area contributed by atoms with Crippen LogP contribution in [0.1, 0.15) is 36.2 Å². The number of methoxy groups -OCH3 is 1. The first-order valence-corrected chi connectivity index (χ1v) is 9.94. The zero-order valence-corrected chi connectivity index (χ0v) is 17.0. The van der Waals surface area contributed by atoms with E-state index in [4.69, 9.17) is 14.2 Å². The molecular formula is C22H24N2O6. The average Bonchev–Trinajstić information content (AvgIpc) is 3.05. The maximum Gasteiger partial charge on any atom is 0.335 e. The molecule has 0 bridgehead atoms. The van der Waals surface area contributed by atoms with E-state index in [1.807, 2.05) is 25.1 Å². The number of aromatic carboxylic acids is 1. The highest BCUT2D eigenvalue weighted by molar-refractivity contribution is 5.89. The lowest BCUT2D eigenvalue weighted by molar-refractivity contribution is 0.0693. The van der Waals surface area contributed by atoms with E-state index in [1.54, 1.807) is 15.2 Å². The van der Waals surface area contributed by atoms with E-state index in [1.165, 1.54) is 19.2 Å². The molecule has 0 atom stereocenters. The maximum atomic E-state index is 13.6. The predicted molar refractivity (Wildman–Crippen MR) is 111 cm³/mol. The van der Waals surface area contributed by atoms with Crippen molar-refractivity contribution in [3.05, 3.63) is 52.4 Å². The van der Waals surface area contributed by atoms with Gasteiger partial charge in [0.15, 0.2) is 0 Å². The van der Waals surface area contributed by atoms with Crippen LogP contribution >= 0.6 is 0 Å². The van der Waals surface area contributed by atoms with E-state index in [9.17, 15) is 14.7 Å². The van der Waals surface area contributed by atoms with Gasteiger partial charge in [0.25, 0.3) is 0 Å². The van der Waals surface area contributed by atoms with Crippen molar-refractivity contribution in [1.82, 2.24) is 9.13 Å². The fraction of sp³-hybridized carbons (Fsp3) is 0.364. The number of carboxylic acids is 1. The van der Waals surface area contributed by atoms with Crippen molar-refractivity contribution in [1.29, 1.82) is 0 Å². The van der Waals surface area contributed by atoms with Gasteiger partial charge in [-0.15, -0.1) is 0 Å². The highest BCUT2D eigenvalue weighted by atomic mass is 16.5. The van der Waals surface area contributed by atoms with E-state index in [0.29, 0.717) is 42.5 Å². The van der Waals surface area contributed by atoms with Crippen molar-refractivity contribution in [3.63, 3.8) is 0 Å². The number of aromatic nitrogens is 2. The number of rotatable bonds is 6. The van der Waals surface area contributed by atoms with Gasteiger partial charge >= 0.3 is 11.7 Å². The Balaban J connectivity index is 1.97. The number of carboxylic acid groups (broad SMARTS) is 1. The lowest BCUT2D eigenvalue weighted by Gasteiger charge is -2.23. The van der Waals surface area contributed by atoms with E-state index in [-0.39, 0.29) is 17.3 Å². The summed E-state index contributed by atoms with van der Waals surface area (Å²) in [6, 6.07) is 10.1. The molecule has 0 aliphatic carbocycles. The zero-order chi connectivity index (χ0) is 21.3. The molecule has 2 heterocycles. The van der Waals surface area contributed by atoms with Crippen LogP contribution in [0.15, 0.2) is 41.2 Å². The normalized spacial score (nSPS) is 14.7. The molecule has 158 valence electrons. The Kier molecular flexibility index (Phi) is 5.50. The summed E-state index contributed by atoms with van der Waals surface area (Å²) in [6.45, 7) is 3.64. The van der Waals surface area contributed by atoms with Gasteiger partial charge in [0.05, 0.1) is 36.0 Å². The number of carbonyl (C=O) groups is 1. The van der Waals surface area contributed by atoms with E-state index in [0.717, 1.165) is 18.4 Å². The highest BCUT2D eigenvalue weighted by Crippen LogP contribution is 2.31. The summed E-state index contributed by atoms with van der Waals surface area (Å²) in [5, 5.41) is 9.29. The van der Waals surface area contributed by atoms with E-state index in [2.05, 4.69) is 0 Å². The number of imidazole rings is 1. The molecule has 0 saturated carbocycles. The first-order chi connectivity index (χ1) is 14.5. The van der Waals surface area contributed by atoms with Crippen LogP contribution in [0.5, 0.6) is 11.5 Å². The summed E-state index contributed by atoms with van der Waals surface area (Å²) in [7, 11) is 1.46. The summed E-state index contributed by atoms with van der Waals surface area (Å²) in [5.74, 6) is -0.0498. The topological polar surface area (TPSA) is 91.9 Å². The summed E-state index contributed by atoms with van der Waals surface area (Å²) in [6.07, 6.45) is 1.49. The Labute approximate surface area is 173 Å². The second-order valence-electron chi connectivity index (χ2n) is 7.11. The molecule has 1 fully saturated rings. The molecule has 0 radical (unpaired) electrons. The van der Waals surface area contributed by atoms with Crippen LogP contribution in [0.3, 0.4) is 0 Å². The van der Waals surface area contributed by atoms with Crippen LogP contribution in [0, 0.1) is 0 Å². The van der Waals surface area contributed by atoms with Gasteiger partial charge in [-0.25, -0.2) is 9.59 Å². The quantitative estimate of drug-likeness (QED) is 0.668. The third kappa shape index (κ3) is 3.43. The molecule has 0 spiro atoms. The third-order valence-corrected chi connectivity index (χ3v) is 5.38. The van der Waals surface area contributed by atoms with Gasteiger partial charge < -0.3 is 19.3 Å². The van der Waals surface area contributed by atoms with Gasteiger partial charge in [0.2, 0.25) is 0 Å². The molecule has 1 saturated heterocycles. The lowest BCUT2D eigenvalue weighted by Crippen LogP contribution is -2.30. The number of ether oxygens (including phenoxy) is 3. The standard InChI is InChI=1S/C22H24N2O6/c1-3-30-16-5-7-17-19(13-16)23(15-8-10-29-11-9-15)22(27)24(17)18-6-4-14(21(25)26)12-20(18)28-2/h4-7,12-13,15H,3,8-11H2,1-2H3,(H,25,26). The van der Waals surface area contributed by atoms with Gasteiger partial charge in [-0.2, -0.15) is 0 Å². The van der Waals surface area contributed by atoms with Crippen molar-refractivity contribution in [2.24, 2.45) is 0 Å². The summed E-state index contributed by atoms with van der Waals surface area (Å²) < 4.78 is 19.9. The van der Waals surface area contributed by atoms with Crippen molar-refractivity contribution >= 4 is 17.0 Å². The molecule has 1 N–H and O–H groups in total.